The highest BCUT2D eigenvalue weighted by Gasteiger charge is 2.33. The number of halogens is 3. The molecule has 0 saturated heterocycles. The molecule has 0 aliphatic heterocycles. The minimum Gasteiger partial charge on any atom is -0.404 e. The molecule has 1 N–H and O–H groups in total. The lowest BCUT2D eigenvalue weighted by molar-refractivity contribution is -0.275. The maximum atomic E-state index is 12.4. The SMILES string of the molecule is O=S(=O)(NCc1nc2ccccc2s1)c1ccccc1OC(F)(F)F. The van der Waals surface area contributed by atoms with Gasteiger partial charge in [-0.05, 0) is 24.3 Å². The van der Waals surface area contributed by atoms with Crippen LogP contribution in [0.15, 0.2) is 53.4 Å². The van der Waals surface area contributed by atoms with Crippen LogP contribution in [0.2, 0.25) is 0 Å². The van der Waals surface area contributed by atoms with Crippen molar-refractivity contribution in [2.75, 3.05) is 0 Å². The Morgan fingerprint density at radius 1 is 1.08 bits per heavy atom. The second-order valence-corrected chi connectivity index (χ2v) is 7.74. The van der Waals surface area contributed by atoms with Gasteiger partial charge in [-0.2, -0.15) is 0 Å². The summed E-state index contributed by atoms with van der Waals surface area (Å²) in [5.74, 6) is -0.785. The van der Waals surface area contributed by atoms with Crippen molar-refractivity contribution in [1.82, 2.24) is 9.71 Å². The Hall–Kier alpha value is -2.17. The highest BCUT2D eigenvalue weighted by Crippen LogP contribution is 2.29. The van der Waals surface area contributed by atoms with Gasteiger partial charge in [-0.3, -0.25) is 0 Å². The van der Waals surface area contributed by atoms with Crippen LogP contribution < -0.4 is 9.46 Å². The van der Waals surface area contributed by atoms with E-state index in [1.165, 1.54) is 23.5 Å². The number of nitrogens with one attached hydrogen (secondary N) is 1. The van der Waals surface area contributed by atoms with Crippen molar-refractivity contribution in [3.8, 4) is 5.75 Å². The smallest absolute Gasteiger partial charge is 0.404 e. The first-order valence-electron chi connectivity index (χ1n) is 6.93. The molecule has 1 aromatic heterocycles. The van der Waals surface area contributed by atoms with Crippen molar-refractivity contribution in [3.63, 3.8) is 0 Å². The predicted molar refractivity (Wildman–Crippen MR) is 86.8 cm³/mol. The molecule has 132 valence electrons. The number of aromatic nitrogens is 1. The van der Waals surface area contributed by atoms with E-state index < -0.39 is 27.0 Å². The van der Waals surface area contributed by atoms with Crippen molar-refractivity contribution >= 4 is 31.6 Å². The van der Waals surface area contributed by atoms with Crippen LogP contribution in [0.5, 0.6) is 5.75 Å². The average molecular weight is 388 g/mol. The summed E-state index contributed by atoms with van der Waals surface area (Å²) in [7, 11) is -4.21. The van der Waals surface area contributed by atoms with Crippen LogP contribution >= 0.6 is 11.3 Å². The normalized spacial score (nSPS) is 12.4. The van der Waals surface area contributed by atoms with E-state index in [4.69, 9.17) is 0 Å². The van der Waals surface area contributed by atoms with E-state index in [1.54, 1.807) is 12.1 Å². The van der Waals surface area contributed by atoms with Gasteiger partial charge in [-0.1, -0.05) is 24.3 Å². The average Bonchev–Trinajstić information content (AvgIpc) is 2.95. The van der Waals surface area contributed by atoms with Gasteiger partial charge in [0.15, 0.2) is 0 Å². The summed E-state index contributed by atoms with van der Waals surface area (Å²) in [6, 6.07) is 11.8. The molecule has 0 aliphatic rings. The molecule has 0 spiro atoms. The second kappa shape index (κ2) is 6.62. The van der Waals surface area contributed by atoms with Gasteiger partial charge in [0.2, 0.25) is 10.0 Å². The Morgan fingerprint density at radius 2 is 1.76 bits per heavy atom. The Labute approximate surface area is 145 Å². The van der Waals surface area contributed by atoms with Crippen molar-refractivity contribution in [1.29, 1.82) is 0 Å². The number of rotatable bonds is 5. The topological polar surface area (TPSA) is 68.3 Å². The molecule has 1 heterocycles. The molecule has 10 heteroatoms. The maximum Gasteiger partial charge on any atom is 0.573 e. The van der Waals surface area contributed by atoms with Crippen LogP contribution in [-0.4, -0.2) is 19.8 Å². The second-order valence-electron chi connectivity index (χ2n) is 4.89. The van der Waals surface area contributed by atoms with Crippen LogP contribution in [0.1, 0.15) is 5.01 Å². The lowest BCUT2D eigenvalue weighted by Crippen LogP contribution is -2.25. The van der Waals surface area contributed by atoms with Crippen LogP contribution in [0.4, 0.5) is 13.2 Å². The van der Waals surface area contributed by atoms with Crippen molar-refractivity contribution in [2.24, 2.45) is 0 Å². The third-order valence-electron chi connectivity index (χ3n) is 3.12. The molecule has 5 nitrogen and oxygen atoms in total. The first-order valence-corrected chi connectivity index (χ1v) is 9.23. The molecule has 0 radical (unpaired) electrons. The molecule has 0 saturated carbocycles. The van der Waals surface area contributed by atoms with Crippen molar-refractivity contribution < 1.29 is 26.3 Å². The highest BCUT2D eigenvalue weighted by molar-refractivity contribution is 7.89. The van der Waals surface area contributed by atoms with E-state index in [2.05, 4.69) is 14.4 Å². The zero-order chi connectivity index (χ0) is 18.1. The van der Waals surface area contributed by atoms with Gasteiger partial charge in [-0.25, -0.2) is 18.1 Å². The summed E-state index contributed by atoms with van der Waals surface area (Å²) in [6.07, 6.45) is -4.99. The van der Waals surface area contributed by atoms with E-state index in [0.29, 0.717) is 5.01 Å². The summed E-state index contributed by atoms with van der Waals surface area (Å²) in [5, 5.41) is 0.499. The summed E-state index contributed by atoms with van der Waals surface area (Å²) >= 11 is 1.30. The zero-order valence-electron chi connectivity index (χ0n) is 12.4. The lowest BCUT2D eigenvalue weighted by Gasteiger charge is -2.13. The van der Waals surface area contributed by atoms with E-state index in [1.807, 2.05) is 12.1 Å². The minimum atomic E-state index is -4.99. The number of fused-ring (bicyclic) bond motifs is 1. The molecule has 25 heavy (non-hydrogen) atoms. The van der Waals surface area contributed by atoms with Crippen LogP contribution in [0.25, 0.3) is 10.2 Å². The van der Waals surface area contributed by atoms with Gasteiger partial charge >= 0.3 is 6.36 Å². The van der Waals surface area contributed by atoms with Gasteiger partial charge in [-0.15, -0.1) is 24.5 Å². The summed E-state index contributed by atoms with van der Waals surface area (Å²) in [6.45, 7) is -0.137. The first kappa shape index (κ1) is 17.6. The Bertz CT molecular complexity index is 967. The standard InChI is InChI=1S/C15H11F3N2O3S2/c16-15(17,18)23-11-6-2-4-8-13(11)25(21,22)19-9-14-20-10-5-1-3-7-12(10)24-14/h1-8,19H,9H2. The van der Waals surface area contributed by atoms with Gasteiger partial charge in [0, 0.05) is 0 Å². The zero-order valence-corrected chi connectivity index (χ0v) is 14.1. The summed E-state index contributed by atoms with van der Waals surface area (Å²) in [4.78, 5) is 3.68. The van der Waals surface area contributed by atoms with Crippen molar-refractivity contribution in [2.45, 2.75) is 17.8 Å². The molecule has 0 amide bonds. The van der Waals surface area contributed by atoms with E-state index in [9.17, 15) is 21.6 Å². The monoisotopic (exact) mass is 388 g/mol. The number of nitrogens with zero attached hydrogens (tertiary/aromatic N) is 1. The van der Waals surface area contributed by atoms with E-state index >= 15 is 0 Å². The molecule has 0 aliphatic carbocycles. The first-order chi connectivity index (χ1) is 11.7. The Morgan fingerprint density at radius 3 is 2.48 bits per heavy atom. The molecule has 0 unspecified atom stereocenters. The molecule has 3 rings (SSSR count). The summed E-state index contributed by atoms with van der Waals surface area (Å²) < 4.78 is 68.9. The number of sulfonamides is 1. The summed E-state index contributed by atoms with van der Waals surface area (Å²) in [5.41, 5.74) is 0.725. The number of benzene rings is 2. The van der Waals surface area contributed by atoms with Gasteiger partial charge < -0.3 is 4.74 Å². The highest BCUT2D eigenvalue weighted by atomic mass is 32.2. The minimum absolute atomic E-state index is 0.137. The predicted octanol–water partition coefficient (Wildman–Crippen LogP) is 3.67. The lowest BCUT2D eigenvalue weighted by atomic mass is 10.3. The van der Waals surface area contributed by atoms with Crippen molar-refractivity contribution in [3.05, 3.63) is 53.5 Å². The molecular formula is C15H11F3N2O3S2. The molecule has 0 bridgehead atoms. The molecule has 0 atom stereocenters. The van der Waals surface area contributed by atoms with E-state index in [0.717, 1.165) is 22.3 Å². The number of hydrogen-bond acceptors (Lipinski definition) is 5. The third kappa shape index (κ3) is 4.27. The Balaban J connectivity index is 1.82. The fraction of sp³-hybridized carbons (Fsp3) is 0.133. The fourth-order valence-electron chi connectivity index (χ4n) is 2.11. The van der Waals surface area contributed by atoms with Gasteiger partial charge in [0.1, 0.15) is 15.7 Å². The fourth-order valence-corrected chi connectivity index (χ4v) is 4.22. The number of hydrogen-bond donors (Lipinski definition) is 1. The Kier molecular flexibility index (Phi) is 4.67. The van der Waals surface area contributed by atoms with E-state index in [-0.39, 0.29) is 6.54 Å². The number of ether oxygens (including phenoxy) is 1. The maximum absolute atomic E-state index is 12.4. The third-order valence-corrected chi connectivity index (χ3v) is 5.59. The molecule has 2 aromatic carbocycles. The largest absolute Gasteiger partial charge is 0.573 e. The van der Waals surface area contributed by atoms with Crippen LogP contribution in [0.3, 0.4) is 0 Å². The van der Waals surface area contributed by atoms with Gasteiger partial charge in [0.25, 0.3) is 0 Å². The number of alkyl halides is 3. The molecule has 3 aromatic rings. The molecular weight excluding hydrogens is 377 g/mol. The van der Waals surface area contributed by atoms with Crippen LogP contribution in [-0.2, 0) is 16.6 Å². The number of thiazole rings is 1. The molecule has 0 fully saturated rings. The van der Waals surface area contributed by atoms with Gasteiger partial charge in [0.05, 0.1) is 16.8 Å². The van der Waals surface area contributed by atoms with Crippen LogP contribution in [0, 0.1) is 0 Å². The quantitative estimate of drug-likeness (QED) is 0.724. The number of para-hydroxylation sites is 2.